The molecule has 0 bridgehead atoms. The van der Waals surface area contributed by atoms with Crippen LogP contribution < -0.4 is 5.73 Å². The van der Waals surface area contributed by atoms with E-state index in [0.717, 1.165) is 0 Å². The summed E-state index contributed by atoms with van der Waals surface area (Å²) in [6.07, 6.45) is 1.56. The molecule has 1 aromatic carbocycles. The molecule has 0 aliphatic rings. The Hall–Kier alpha value is -2.23. The zero-order chi connectivity index (χ0) is 12.3. The van der Waals surface area contributed by atoms with Crippen LogP contribution in [0.5, 0.6) is 0 Å². The Balaban J connectivity index is 2.52. The molecule has 1 heterocycles. The first kappa shape index (κ1) is 11.3. The number of aromatic nitrogens is 1. The third-order valence-corrected chi connectivity index (χ3v) is 2.40. The predicted molar refractivity (Wildman–Crippen MR) is 62.5 cm³/mol. The number of hydrogen-bond donors (Lipinski definition) is 1. The molecule has 1 amide bonds. The Labute approximate surface area is 98.1 Å². The number of nitrogens with zero attached hydrogens (tertiary/aromatic N) is 1. The molecular weight excluding hydrogens is 219 g/mol. The summed E-state index contributed by atoms with van der Waals surface area (Å²) >= 11 is 0. The first-order chi connectivity index (χ1) is 8.18. The zero-order valence-electron chi connectivity index (χ0n) is 9.06. The maximum absolute atomic E-state index is 13.6. The van der Waals surface area contributed by atoms with Crippen molar-refractivity contribution in [2.24, 2.45) is 5.73 Å². The lowest BCUT2D eigenvalue weighted by Crippen LogP contribution is -2.15. The number of carbonyl (C=O) groups excluding carboxylic acids is 1. The molecule has 1 aromatic heterocycles. The summed E-state index contributed by atoms with van der Waals surface area (Å²) in [5.74, 6) is -0.826. The summed E-state index contributed by atoms with van der Waals surface area (Å²) < 4.78 is 13.6. The van der Waals surface area contributed by atoms with Gasteiger partial charge < -0.3 is 5.73 Å². The van der Waals surface area contributed by atoms with Gasteiger partial charge in [0.2, 0.25) is 5.91 Å². The number of halogens is 1. The van der Waals surface area contributed by atoms with Crippen molar-refractivity contribution in [3.63, 3.8) is 0 Å². The van der Waals surface area contributed by atoms with Gasteiger partial charge in [0.1, 0.15) is 5.82 Å². The molecule has 0 aliphatic carbocycles. The van der Waals surface area contributed by atoms with Gasteiger partial charge in [-0.15, -0.1) is 0 Å². The Kier molecular flexibility index (Phi) is 3.14. The number of pyridine rings is 1. The molecule has 2 aromatic rings. The monoisotopic (exact) mass is 230 g/mol. The molecule has 2 N–H and O–H groups in total. The van der Waals surface area contributed by atoms with Crippen molar-refractivity contribution in [2.45, 2.75) is 6.42 Å². The SMILES string of the molecule is NC(=O)Cc1ncccc1-c1ccccc1F. The highest BCUT2D eigenvalue weighted by Crippen LogP contribution is 2.24. The van der Waals surface area contributed by atoms with E-state index in [1.165, 1.54) is 6.07 Å². The van der Waals surface area contributed by atoms with Crippen LogP contribution in [-0.2, 0) is 11.2 Å². The third kappa shape index (κ3) is 2.47. The molecule has 0 saturated carbocycles. The van der Waals surface area contributed by atoms with Crippen LogP contribution in [0.3, 0.4) is 0 Å². The van der Waals surface area contributed by atoms with E-state index in [4.69, 9.17) is 5.73 Å². The molecule has 0 unspecified atom stereocenters. The van der Waals surface area contributed by atoms with Crippen LogP contribution in [0.25, 0.3) is 11.1 Å². The van der Waals surface area contributed by atoms with E-state index in [1.54, 1.807) is 36.5 Å². The molecule has 0 radical (unpaired) electrons. The molecule has 0 aliphatic heterocycles. The van der Waals surface area contributed by atoms with Crippen molar-refractivity contribution in [1.82, 2.24) is 4.98 Å². The van der Waals surface area contributed by atoms with E-state index in [1.807, 2.05) is 0 Å². The fraction of sp³-hybridized carbons (Fsp3) is 0.0769. The molecule has 0 spiro atoms. The molecule has 4 heteroatoms. The number of hydrogen-bond acceptors (Lipinski definition) is 2. The van der Waals surface area contributed by atoms with Gasteiger partial charge >= 0.3 is 0 Å². The van der Waals surface area contributed by atoms with Crippen molar-refractivity contribution in [2.75, 3.05) is 0 Å². The second kappa shape index (κ2) is 4.74. The van der Waals surface area contributed by atoms with Gasteiger partial charge in [0.05, 0.1) is 12.1 Å². The largest absolute Gasteiger partial charge is 0.369 e. The fourth-order valence-electron chi connectivity index (χ4n) is 1.67. The average molecular weight is 230 g/mol. The second-order valence-corrected chi connectivity index (χ2v) is 3.62. The highest BCUT2D eigenvalue weighted by atomic mass is 19.1. The zero-order valence-corrected chi connectivity index (χ0v) is 9.06. The summed E-state index contributed by atoms with van der Waals surface area (Å²) in [4.78, 5) is 15.0. The Morgan fingerprint density at radius 3 is 2.59 bits per heavy atom. The van der Waals surface area contributed by atoms with Crippen LogP contribution in [-0.4, -0.2) is 10.9 Å². The highest BCUT2D eigenvalue weighted by molar-refractivity contribution is 5.79. The first-order valence-corrected chi connectivity index (χ1v) is 5.15. The van der Waals surface area contributed by atoms with Gasteiger partial charge in [-0.1, -0.05) is 24.3 Å². The van der Waals surface area contributed by atoms with Crippen LogP contribution >= 0.6 is 0 Å². The topological polar surface area (TPSA) is 56.0 Å². The Morgan fingerprint density at radius 2 is 1.88 bits per heavy atom. The number of benzene rings is 1. The maximum atomic E-state index is 13.6. The third-order valence-electron chi connectivity index (χ3n) is 2.40. The van der Waals surface area contributed by atoms with Crippen LogP contribution in [0, 0.1) is 5.82 Å². The fourth-order valence-corrected chi connectivity index (χ4v) is 1.67. The summed E-state index contributed by atoms with van der Waals surface area (Å²) in [6.45, 7) is 0. The minimum atomic E-state index is -0.485. The van der Waals surface area contributed by atoms with Gasteiger partial charge in [-0.05, 0) is 12.1 Å². The van der Waals surface area contributed by atoms with E-state index >= 15 is 0 Å². The minimum absolute atomic E-state index is 0.00447. The van der Waals surface area contributed by atoms with Crippen molar-refractivity contribution >= 4 is 5.91 Å². The van der Waals surface area contributed by atoms with Gasteiger partial charge in [-0.3, -0.25) is 9.78 Å². The van der Waals surface area contributed by atoms with E-state index in [-0.39, 0.29) is 12.2 Å². The smallest absolute Gasteiger partial charge is 0.223 e. The highest BCUT2D eigenvalue weighted by Gasteiger charge is 2.11. The standard InChI is InChI=1S/C13H11FN2O/c14-11-6-2-1-4-9(11)10-5-3-7-16-12(10)8-13(15)17/h1-7H,8H2,(H2,15,17). The van der Waals surface area contributed by atoms with Gasteiger partial charge in [-0.2, -0.15) is 0 Å². The van der Waals surface area contributed by atoms with E-state index in [9.17, 15) is 9.18 Å². The Morgan fingerprint density at radius 1 is 1.18 bits per heavy atom. The lowest BCUT2D eigenvalue weighted by Gasteiger charge is -2.07. The average Bonchev–Trinajstić information content (AvgIpc) is 2.30. The van der Waals surface area contributed by atoms with Gasteiger partial charge in [0.15, 0.2) is 0 Å². The first-order valence-electron chi connectivity index (χ1n) is 5.15. The van der Waals surface area contributed by atoms with Crippen molar-refractivity contribution in [3.8, 4) is 11.1 Å². The van der Waals surface area contributed by atoms with Crippen LogP contribution in [0.4, 0.5) is 4.39 Å². The van der Waals surface area contributed by atoms with Crippen molar-refractivity contribution in [3.05, 3.63) is 54.1 Å². The molecule has 0 saturated heterocycles. The number of primary amides is 1. The number of rotatable bonds is 3. The molecule has 3 nitrogen and oxygen atoms in total. The maximum Gasteiger partial charge on any atom is 0.223 e. The van der Waals surface area contributed by atoms with Gasteiger partial charge in [-0.25, -0.2) is 4.39 Å². The molecule has 86 valence electrons. The van der Waals surface area contributed by atoms with Crippen LogP contribution in [0.1, 0.15) is 5.69 Å². The number of nitrogens with two attached hydrogens (primary N) is 1. The Bertz CT molecular complexity index is 555. The summed E-state index contributed by atoms with van der Waals surface area (Å²) in [6, 6.07) is 9.80. The lowest BCUT2D eigenvalue weighted by molar-refractivity contribution is -0.117. The quantitative estimate of drug-likeness (QED) is 0.875. The summed E-state index contributed by atoms with van der Waals surface area (Å²) in [7, 11) is 0. The van der Waals surface area contributed by atoms with Crippen LogP contribution in [0.15, 0.2) is 42.6 Å². The van der Waals surface area contributed by atoms with E-state index in [2.05, 4.69) is 4.98 Å². The van der Waals surface area contributed by atoms with E-state index in [0.29, 0.717) is 16.8 Å². The van der Waals surface area contributed by atoms with Gasteiger partial charge in [0.25, 0.3) is 0 Å². The summed E-state index contributed by atoms with van der Waals surface area (Å²) in [5, 5.41) is 0. The molecular formula is C13H11FN2O. The van der Waals surface area contributed by atoms with Crippen molar-refractivity contribution in [1.29, 1.82) is 0 Å². The van der Waals surface area contributed by atoms with E-state index < -0.39 is 5.91 Å². The lowest BCUT2D eigenvalue weighted by atomic mass is 10.0. The normalized spacial score (nSPS) is 10.2. The van der Waals surface area contributed by atoms with Crippen molar-refractivity contribution < 1.29 is 9.18 Å². The second-order valence-electron chi connectivity index (χ2n) is 3.62. The molecule has 0 fully saturated rings. The predicted octanol–water partition coefficient (Wildman–Crippen LogP) is 1.92. The molecule has 2 rings (SSSR count). The molecule has 17 heavy (non-hydrogen) atoms. The van der Waals surface area contributed by atoms with Gasteiger partial charge in [0, 0.05) is 17.3 Å². The number of carbonyl (C=O) groups is 1. The summed E-state index contributed by atoms with van der Waals surface area (Å²) in [5.41, 5.74) is 6.66. The number of amides is 1. The molecule has 0 atom stereocenters. The van der Waals surface area contributed by atoms with Crippen LogP contribution in [0.2, 0.25) is 0 Å². The minimum Gasteiger partial charge on any atom is -0.369 e.